The van der Waals surface area contributed by atoms with E-state index in [1.807, 2.05) is 42.5 Å². The Balaban J connectivity index is 1.10. The molecule has 49 heavy (non-hydrogen) atoms. The minimum absolute atomic E-state index is 0.621. The molecule has 0 unspecified atom stereocenters. The first-order chi connectivity index (χ1) is 24.3. The number of nitrogens with zero attached hydrogens (tertiary/aromatic N) is 2. The van der Waals surface area contributed by atoms with Gasteiger partial charge >= 0.3 is 0 Å². The van der Waals surface area contributed by atoms with E-state index in [1.165, 1.54) is 16.2 Å². The summed E-state index contributed by atoms with van der Waals surface area (Å²) in [4.78, 5) is 7.22. The van der Waals surface area contributed by atoms with Crippen LogP contribution in [-0.4, -0.2) is 4.98 Å². The molecule has 230 valence electrons. The van der Waals surface area contributed by atoms with Crippen LogP contribution < -0.4 is 4.90 Å². The minimum atomic E-state index is 0.621. The Morgan fingerprint density at radius 1 is 0.408 bits per heavy atom. The zero-order valence-electron chi connectivity index (χ0n) is 26.4. The maximum atomic E-state index is 6.61. The molecule has 0 saturated carbocycles. The molecular formula is C45H28N2O2. The molecule has 0 aliphatic heterocycles. The number of furan rings is 1. The number of hydrogen-bond acceptors (Lipinski definition) is 4. The lowest BCUT2D eigenvalue weighted by atomic mass is 10.0. The Bertz CT molecular complexity index is 2830. The van der Waals surface area contributed by atoms with Gasteiger partial charge in [0, 0.05) is 50.4 Å². The molecule has 0 atom stereocenters. The molecule has 2 aromatic heterocycles. The quantitative estimate of drug-likeness (QED) is 0.190. The van der Waals surface area contributed by atoms with Crippen molar-refractivity contribution in [2.75, 3.05) is 4.90 Å². The Hall–Kier alpha value is -6.65. The lowest BCUT2D eigenvalue weighted by molar-refractivity contribution is 0.620. The summed E-state index contributed by atoms with van der Waals surface area (Å²) in [5.41, 5.74) is 9.58. The van der Waals surface area contributed by atoms with Crippen molar-refractivity contribution in [3.63, 3.8) is 0 Å². The molecule has 0 bridgehead atoms. The largest absolute Gasteiger partial charge is 0.455 e. The average molecular weight is 629 g/mol. The molecule has 0 amide bonds. The van der Waals surface area contributed by atoms with E-state index in [9.17, 15) is 0 Å². The van der Waals surface area contributed by atoms with Crippen molar-refractivity contribution < 1.29 is 8.83 Å². The zero-order chi connectivity index (χ0) is 32.3. The van der Waals surface area contributed by atoms with Gasteiger partial charge in [0.05, 0.1) is 0 Å². The molecule has 10 aromatic rings. The molecule has 0 radical (unpaired) electrons. The third-order valence-electron chi connectivity index (χ3n) is 9.47. The summed E-state index contributed by atoms with van der Waals surface area (Å²) in [6.07, 6.45) is 0. The van der Waals surface area contributed by atoms with Crippen molar-refractivity contribution in [1.82, 2.24) is 4.98 Å². The lowest BCUT2D eigenvalue weighted by Crippen LogP contribution is -2.09. The van der Waals surface area contributed by atoms with Gasteiger partial charge in [-0.1, -0.05) is 103 Å². The van der Waals surface area contributed by atoms with Gasteiger partial charge in [-0.25, -0.2) is 4.98 Å². The van der Waals surface area contributed by atoms with Crippen LogP contribution >= 0.6 is 0 Å². The number of benzene rings is 8. The molecule has 0 spiro atoms. The predicted molar refractivity (Wildman–Crippen MR) is 202 cm³/mol. The second-order valence-electron chi connectivity index (χ2n) is 12.4. The molecule has 0 aliphatic rings. The van der Waals surface area contributed by atoms with Gasteiger partial charge in [-0.15, -0.1) is 0 Å². The fraction of sp³-hybridized carbons (Fsp3) is 0. The summed E-state index contributed by atoms with van der Waals surface area (Å²) in [5.74, 6) is 0.621. The number of anilines is 3. The van der Waals surface area contributed by atoms with Gasteiger partial charge in [0.25, 0.3) is 0 Å². The van der Waals surface area contributed by atoms with E-state index in [-0.39, 0.29) is 0 Å². The number of fused-ring (bicyclic) bond motifs is 7. The van der Waals surface area contributed by atoms with Gasteiger partial charge in [-0.3, -0.25) is 0 Å². The van der Waals surface area contributed by atoms with Crippen molar-refractivity contribution in [3.8, 4) is 22.6 Å². The molecule has 0 fully saturated rings. The van der Waals surface area contributed by atoms with Gasteiger partial charge < -0.3 is 13.7 Å². The van der Waals surface area contributed by atoms with E-state index in [0.717, 1.165) is 72.2 Å². The standard InChI is InChI=1S/C45H28N2O2/c1-2-11-32(12-3-1)45-46-43-37(15-8-16-41(43)49-45)31-18-21-34(22-19-31)47(35-23-17-29-9-4-5-13-33(29)27-35)36-24-26-39-40-25-20-30-10-6-7-14-38(30)44(40)48-42(39)28-36/h1-28H. The van der Waals surface area contributed by atoms with Crippen LogP contribution in [0.1, 0.15) is 0 Å². The Morgan fingerprint density at radius 3 is 1.98 bits per heavy atom. The predicted octanol–water partition coefficient (Wildman–Crippen LogP) is 12.8. The first kappa shape index (κ1) is 27.5. The molecule has 0 aliphatic carbocycles. The van der Waals surface area contributed by atoms with Gasteiger partial charge in [-0.2, -0.15) is 0 Å². The van der Waals surface area contributed by atoms with Gasteiger partial charge in [0.2, 0.25) is 5.89 Å². The molecule has 2 heterocycles. The Labute approximate surface area is 282 Å². The molecule has 4 heteroatoms. The maximum Gasteiger partial charge on any atom is 0.227 e. The summed E-state index contributed by atoms with van der Waals surface area (Å²) < 4.78 is 12.8. The average Bonchev–Trinajstić information content (AvgIpc) is 3.78. The summed E-state index contributed by atoms with van der Waals surface area (Å²) in [6, 6.07) is 59.2. The number of para-hydroxylation sites is 1. The van der Waals surface area contributed by atoms with Crippen molar-refractivity contribution in [2.24, 2.45) is 0 Å². The highest BCUT2D eigenvalue weighted by molar-refractivity contribution is 6.15. The summed E-state index contributed by atoms with van der Waals surface area (Å²) in [6.45, 7) is 0. The molecular weight excluding hydrogens is 601 g/mol. The summed E-state index contributed by atoms with van der Waals surface area (Å²) >= 11 is 0. The van der Waals surface area contributed by atoms with Crippen LogP contribution in [0.5, 0.6) is 0 Å². The summed E-state index contributed by atoms with van der Waals surface area (Å²) in [7, 11) is 0. The number of hydrogen-bond donors (Lipinski definition) is 0. The highest BCUT2D eigenvalue weighted by Gasteiger charge is 2.18. The molecule has 4 nitrogen and oxygen atoms in total. The van der Waals surface area contributed by atoms with Gasteiger partial charge in [-0.05, 0) is 82.4 Å². The Kier molecular flexibility index (Phi) is 6.15. The molecule has 0 N–H and O–H groups in total. The van der Waals surface area contributed by atoms with Crippen LogP contribution in [0.3, 0.4) is 0 Å². The van der Waals surface area contributed by atoms with Crippen molar-refractivity contribution in [3.05, 3.63) is 170 Å². The van der Waals surface area contributed by atoms with Crippen LogP contribution in [0, 0.1) is 0 Å². The fourth-order valence-corrected chi connectivity index (χ4v) is 7.07. The van der Waals surface area contributed by atoms with E-state index < -0.39 is 0 Å². The van der Waals surface area contributed by atoms with E-state index in [2.05, 4.69) is 132 Å². The third-order valence-corrected chi connectivity index (χ3v) is 9.47. The normalized spacial score (nSPS) is 11.7. The van der Waals surface area contributed by atoms with Gasteiger partial charge in [0.15, 0.2) is 5.58 Å². The smallest absolute Gasteiger partial charge is 0.227 e. The first-order valence-corrected chi connectivity index (χ1v) is 16.5. The molecule has 0 saturated heterocycles. The third kappa shape index (κ3) is 4.57. The maximum absolute atomic E-state index is 6.61. The summed E-state index contributed by atoms with van der Waals surface area (Å²) in [5, 5.41) is 6.91. The Morgan fingerprint density at radius 2 is 1.10 bits per heavy atom. The highest BCUT2D eigenvalue weighted by atomic mass is 16.3. The highest BCUT2D eigenvalue weighted by Crippen LogP contribution is 2.41. The SMILES string of the molecule is c1ccc(-c2nc3c(-c4ccc(N(c5ccc6ccccc6c5)c5ccc6c(c5)oc5c7ccccc7ccc65)cc4)cccc3o2)cc1. The van der Waals surface area contributed by atoms with E-state index in [4.69, 9.17) is 13.8 Å². The van der Waals surface area contributed by atoms with Crippen molar-refractivity contribution in [2.45, 2.75) is 0 Å². The second-order valence-corrected chi connectivity index (χ2v) is 12.4. The van der Waals surface area contributed by atoms with Crippen LogP contribution in [0.15, 0.2) is 179 Å². The number of oxazole rings is 1. The molecule has 8 aromatic carbocycles. The topological polar surface area (TPSA) is 42.4 Å². The van der Waals surface area contributed by atoms with Crippen LogP contribution in [0.4, 0.5) is 17.1 Å². The zero-order valence-corrected chi connectivity index (χ0v) is 26.4. The number of rotatable bonds is 5. The van der Waals surface area contributed by atoms with Crippen LogP contribution in [0.25, 0.3) is 77.2 Å². The van der Waals surface area contributed by atoms with Crippen LogP contribution in [0.2, 0.25) is 0 Å². The van der Waals surface area contributed by atoms with Crippen molar-refractivity contribution in [1.29, 1.82) is 0 Å². The van der Waals surface area contributed by atoms with Crippen LogP contribution in [-0.2, 0) is 0 Å². The monoisotopic (exact) mass is 628 g/mol. The molecule has 10 rings (SSSR count). The van der Waals surface area contributed by atoms with E-state index in [0.29, 0.717) is 5.89 Å². The first-order valence-electron chi connectivity index (χ1n) is 16.5. The van der Waals surface area contributed by atoms with E-state index in [1.54, 1.807) is 0 Å². The fourth-order valence-electron chi connectivity index (χ4n) is 7.07. The lowest BCUT2D eigenvalue weighted by Gasteiger charge is -2.26. The number of aromatic nitrogens is 1. The minimum Gasteiger partial charge on any atom is -0.455 e. The van der Waals surface area contributed by atoms with Gasteiger partial charge in [0.1, 0.15) is 16.7 Å². The van der Waals surface area contributed by atoms with E-state index >= 15 is 0 Å². The van der Waals surface area contributed by atoms with Crippen molar-refractivity contribution >= 4 is 71.6 Å². The second kappa shape index (κ2) is 11.0.